The molecular weight excluding hydrogens is 384 g/mol. The van der Waals surface area contributed by atoms with Gasteiger partial charge in [0, 0.05) is 13.5 Å². The highest BCUT2D eigenvalue weighted by atomic mass is 28.4. The molecule has 28 heavy (non-hydrogen) atoms. The Morgan fingerprint density at radius 1 is 0.964 bits per heavy atom. The topological polar surface area (TPSA) is 36.9 Å². The largest absolute Gasteiger partial charge is 0.410 e. The average Bonchev–Trinajstić information content (AvgIpc) is 2.51. The van der Waals surface area contributed by atoms with Crippen molar-refractivity contribution in [1.82, 2.24) is 0 Å². The van der Waals surface area contributed by atoms with E-state index in [1.165, 1.54) is 0 Å². The highest BCUT2D eigenvalue weighted by Gasteiger charge is 2.45. The van der Waals surface area contributed by atoms with E-state index in [4.69, 9.17) is 24.7 Å². The Labute approximate surface area is 176 Å². The summed E-state index contributed by atoms with van der Waals surface area (Å²) in [6.07, 6.45) is 6.99. The summed E-state index contributed by atoms with van der Waals surface area (Å²) in [5, 5.41) is 0.136. The van der Waals surface area contributed by atoms with Gasteiger partial charge in [-0.3, -0.25) is 0 Å². The molecule has 164 valence electrons. The zero-order chi connectivity index (χ0) is 22.4. The summed E-state index contributed by atoms with van der Waals surface area (Å²) in [6.45, 7) is 26.4. The summed E-state index contributed by atoms with van der Waals surface area (Å²) in [4.78, 5) is 0. The van der Waals surface area contributed by atoms with Gasteiger partial charge in [-0.2, -0.15) is 0 Å². The fourth-order valence-electron chi connectivity index (χ4n) is 2.22. The molecule has 0 unspecified atom stereocenters. The minimum Gasteiger partial charge on any atom is -0.410 e. The monoisotopic (exact) mass is 428 g/mol. The summed E-state index contributed by atoms with van der Waals surface area (Å²) in [6, 6.07) is 0. The van der Waals surface area contributed by atoms with Gasteiger partial charge in [0.1, 0.15) is 12.9 Å². The van der Waals surface area contributed by atoms with Crippen LogP contribution in [0.5, 0.6) is 0 Å². The minimum atomic E-state index is -2.06. The first-order valence-corrected chi connectivity index (χ1v) is 15.9. The molecule has 0 rings (SSSR count). The van der Waals surface area contributed by atoms with Crippen molar-refractivity contribution in [2.24, 2.45) is 0 Å². The zero-order valence-electron chi connectivity index (χ0n) is 20.1. The van der Waals surface area contributed by atoms with Crippen LogP contribution >= 0.6 is 0 Å². The second-order valence-electron chi connectivity index (χ2n) is 10.4. The van der Waals surface area contributed by atoms with Gasteiger partial charge in [0.25, 0.3) is 0 Å². The van der Waals surface area contributed by atoms with Gasteiger partial charge < -0.3 is 18.3 Å². The van der Waals surface area contributed by atoms with Gasteiger partial charge in [0.15, 0.2) is 16.6 Å². The summed E-state index contributed by atoms with van der Waals surface area (Å²) in [5.74, 6) is 2.77. The second-order valence-corrected chi connectivity index (χ2v) is 20.0. The number of hydrogen-bond acceptors (Lipinski definition) is 4. The van der Waals surface area contributed by atoms with Crippen molar-refractivity contribution in [3.63, 3.8) is 0 Å². The van der Waals surface area contributed by atoms with E-state index in [0.29, 0.717) is 6.42 Å². The van der Waals surface area contributed by atoms with Crippen LogP contribution in [0.3, 0.4) is 0 Å². The van der Waals surface area contributed by atoms with Crippen molar-refractivity contribution in [2.45, 2.75) is 103 Å². The number of terminal acetylenes is 1. The van der Waals surface area contributed by atoms with Crippen LogP contribution < -0.4 is 0 Å². The summed E-state index contributed by atoms with van der Waals surface area (Å²) >= 11 is 0. The average molecular weight is 429 g/mol. The van der Waals surface area contributed by atoms with Crippen molar-refractivity contribution in [3.05, 3.63) is 12.7 Å². The number of methoxy groups -OCH3 is 1. The maximum Gasteiger partial charge on any atom is 0.193 e. The van der Waals surface area contributed by atoms with Gasteiger partial charge in [-0.15, -0.1) is 18.9 Å². The predicted molar refractivity (Wildman–Crippen MR) is 125 cm³/mol. The number of rotatable bonds is 11. The van der Waals surface area contributed by atoms with Crippen molar-refractivity contribution in [1.29, 1.82) is 0 Å². The second kappa shape index (κ2) is 10.6. The van der Waals surface area contributed by atoms with E-state index >= 15 is 0 Å². The van der Waals surface area contributed by atoms with Gasteiger partial charge in [-0.05, 0) is 36.3 Å². The molecule has 0 amide bonds. The quantitative estimate of drug-likeness (QED) is 0.176. The SMILES string of the molecule is C#CC[C@@H](O[Si](C)(C)C(C)(C)C)[C@H](OCOC)[C@@H](C=C)O[Si](C)(C)C(C)(C)C. The summed E-state index contributed by atoms with van der Waals surface area (Å²) < 4.78 is 24.6. The summed E-state index contributed by atoms with van der Waals surface area (Å²) in [5.41, 5.74) is 0. The molecule has 0 aromatic carbocycles. The van der Waals surface area contributed by atoms with E-state index < -0.39 is 16.6 Å². The first-order valence-electron chi connectivity index (χ1n) is 10.1. The molecule has 0 aliphatic rings. The van der Waals surface area contributed by atoms with E-state index in [2.05, 4.69) is 80.2 Å². The molecule has 3 atom stereocenters. The molecule has 0 heterocycles. The fourth-order valence-corrected chi connectivity index (χ4v) is 4.82. The molecule has 0 saturated carbocycles. The van der Waals surface area contributed by atoms with Gasteiger partial charge in [0.05, 0.1) is 12.2 Å². The maximum absolute atomic E-state index is 6.69. The number of ether oxygens (including phenoxy) is 2. The molecular formula is C22H44O4Si2. The molecule has 0 bridgehead atoms. The van der Waals surface area contributed by atoms with E-state index in [9.17, 15) is 0 Å². The van der Waals surface area contributed by atoms with Gasteiger partial charge >= 0.3 is 0 Å². The van der Waals surface area contributed by atoms with Crippen molar-refractivity contribution in [2.75, 3.05) is 13.9 Å². The van der Waals surface area contributed by atoms with Crippen LogP contribution in [0.4, 0.5) is 0 Å². The molecule has 0 saturated heterocycles. The lowest BCUT2D eigenvalue weighted by Crippen LogP contribution is -2.53. The van der Waals surface area contributed by atoms with Gasteiger partial charge in [-0.1, -0.05) is 47.6 Å². The third-order valence-corrected chi connectivity index (χ3v) is 15.1. The lowest BCUT2D eigenvalue weighted by molar-refractivity contribution is -0.134. The van der Waals surface area contributed by atoms with E-state index in [0.717, 1.165) is 0 Å². The molecule has 0 fully saturated rings. The lowest BCUT2D eigenvalue weighted by atomic mass is 10.1. The predicted octanol–water partition coefficient (Wildman–Crippen LogP) is 5.97. The van der Waals surface area contributed by atoms with E-state index in [-0.39, 0.29) is 35.2 Å². The molecule has 0 aliphatic heterocycles. The standard InChI is InChI=1S/C22H44O4Si2/c1-14-16-19(26-28(12,13)22(6,7)8)20(24-17-23-9)18(15-2)25-27(10,11)21(3,4)5/h1,15,18-20H,2,16-17H2,3-13H3/t18-,19-,20-/m1/s1. The minimum absolute atomic E-state index is 0.0651. The van der Waals surface area contributed by atoms with Crippen LogP contribution in [-0.4, -0.2) is 48.8 Å². The smallest absolute Gasteiger partial charge is 0.193 e. The molecule has 0 aromatic rings. The molecule has 0 aromatic heterocycles. The van der Waals surface area contributed by atoms with E-state index in [1.54, 1.807) is 7.11 Å². The normalized spacial score (nSPS) is 16.9. The van der Waals surface area contributed by atoms with Crippen LogP contribution in [0, 0.1) is 12.3 Å². The van der Waals surface area contributed by atoms with Gasteiger partial charge in [0.2, 0.25) is 0 Å². The van der Waals surface area contributed by atoms with Crippen LogP contribution in [0.2, 0.25) is 36.3 Å². The molecule has 0 N–H and O–H groups in total. The van der Waals surface area contributed by atoms with Gasteiger partial charge in [-0.25, -0.2) is 0 Å². The van der Waals surface area contributed by atoms with Crippen LogP contribution in [0.25, 0.3) is 0 Å². The lowest BCUT2D eigenvalue weighted by Gasteiger charge is -2.44. The Balaban J connectivity index is 5.90. The highest BCUT2D eigenvalue weighted by molar-refractivity contribution is 6.74. The first-order chi connectivity index (χ1) is 12.5. The Bertz CT molecular complexity index is 524. The Hall–Kier alpha value is -0.426. The Kier molecular flexibility index (Phi) is 10.4. The molecule has 4 nitrogen and oxygen atoms in total. The maximum atomic E-state index is 6.69. The van der Waals surface area contributed by atoms with Crippen molar-refractivity contribution >= 4 is 16.6 Å². The zero-order valence-corrected chi connectivity index (χ0v) is 22.1. The van der Waals surface area contributed by atoms with Crippen LogP contribution in [0.15, 0.2) is 12.7 Å². The molecule has 0 radical (unpaired) electrons. The first kappa shape index (κ1) is 27.6. The van der Waals surface area contributed by atoms with Crippen molar-refractivity contribution in [3.8, 4) is 12.3 Å². The third kappa shape index (κ3) is 7.77. The third-order valence-electron chi connectivity index (χ3n) is 6.11. The van der Waals surface area contributed by atoms with Crippen LogP contribution in [0.1, 0.15) is 48.0 Å². The summed E-state index contributed by atoms with van der Waals surface area (Å²) in [7, 11) is -2.49. The fraction of sp³-hybridized carbons (Fsp3) is 0.818. The number of hydrogen-bond donors (Lipinski definition) is 0. The highest BCUT2D eigenvalue weighted by Crippen LogP contribution is 2.40. The Morgan fingerprint density at radius 2 is 1.43 bits per heavy atom. The van der Waals surface area contributed by atoms with Crippen molar-refractivity contribution < 1.29 is 18.3 Å². The van der Waals surface area contributed by atoms with E-state index in [1.807, 2.05) is 6.08 Å². The van der Waals surface area contributed by atoms with Crippen LogP contribution in [-0.2, 0) is 18.3 Å². The Morgan fingerprint density at radius 3 is 1.79 bits per heavy atom. The molecule has 6 heteroatoms. The molecule has 0 spiro atoms. The molecule has 0 aliphatic carbocycles.